The van der Waals surface area contributed by atoms with Gasteiger partial charge >= 0.3 is 0 Å². The minimum atomic E-state index is -4.19. The summed E-state index contributed by atoms with van der Waals surface area (Å²) in [7, 11) is -1.20. The minimum Gasteiger partial charge on any atom is -0.497 e. The monoisotopic (exact) mass is 639 g/mol. The average molecular weight is 641 g/mol. The van der Waals surface area contributed by atoms with Gasteiger partial charge in [-0.25, -0.2) is 8.42 Å². The molecular formula is C32H31Cl2N3O5S. The van der Waals surface area contributed by atoms with Crippen molar-refractivity contribution >= 4 is 50.7 Å². The third-order valence-corrected chi connectivity index (χ3v) is 9.35. The van der Waals surface area contributed by atoms with Gasteiger partial charge < -0.3 is 15.0 Å². The number of amides is 2. The standard InChI is InChI=1S/C32H31Cl2N3O5S/c1-35-32(39)30(20-23-9-5-3-6-10-23)36(21-24-13-18-28(33)29(34)19-24)31(38)22-37(25-14-16-26(42-2)17-15-25)43(40,41)27-11-7-4-8-12-27/h3-19,30H,20-22H2,1-2H3,(H,35,39). The van der Waals surface area contributed by atoms with Gasteiger partial charge in [0.05, 0.1) is 27.7 Å². The van der Waals surface area contributed by atoms with Crippen LogP contribution in [0.1, 0.15) is 11.1 Å². The third-order valence-electron chi connectivity index (χ3n) is 6.82. The first-order valence-electron chi connectivity index (χ1n) is 13.3. The number of benzene rings is 4. The molecule has 1 atom stereocenters. The van der Waals surface area contributed by atoms with Gasteiger partial charge in [0.1, 0.15) is 18.3 Å². The third kappa shape index (κ3) is 7.87. The van der Waals surface area contributed by atoms with Crippen molar-refractivity contribution in [1.29, 1.82) is 0 Å². The molecule has 0 heterocycles. The van der Waals surface area contributed by atoms with E-state index in [2.05, 4.69) is 5.32 Å². The summed E-state index contributed by atoms with van der Waals surface area (Å²) in [5, 5.41) is 3.29. The van der Waals surface area contributed by atoms with E-state index in [9.17, 15) is 18.0 Å². The van der Waals surface area contributed by atoms with Gasteiger partial charge in [-0.15, -0.1) is 0 Å². The normalized spacial score (nSPS) is 11.8. The van der Waals surface area contributed by atoms with Crippen molar-refractivity contribution in [3.8, 4) is 5.75 Å². The number of nitrogens with zero attached hydrogens (tertiary/aromatic N) is 2. The van der Waals surface area contributed by atoms with Crippen LogP contribution >= 0.6 is 23.2 Å². The summed E-state index contributed by atoms with van der Waals surface area (Å²) in [5.74, 6) is -0.471. The summed E-state index contributed by atoms with van der Waals surface area (Å²) in [6.45, 7) is -0.602. The molecule has 4 rings (SSSR count). The fourth-order valence-corrected chi connectivity index (χ4v) is 6.31. The predicted octanol–water partition coefficient (Wildman–Crippen LogP) is 5.58. The SMILES string of the molecule is CNC(=O)C(Cc1ccccc1)N(Cc1ccc(Cl)c(Cl)c1)C(=O)CN(c1ccc(OC)cc1)S(=O)(=O)c1ccccc1. The maximum absolute atomic E-state index is 14.3. The van der Waals surface area contributed by atoms with E-state index in [0.29, 0.717) is 16.3 Å². The lowest BCUT2D eigenvalue weighted by Gasteiger charge is -2.33. The molecule has 0 spiro atoms. The average Bonchev–Trinajstić information content (AvgIpc) is 3.03. The largest absolute Gasteiger partial charge is 0.497 e. The molecule has 224 valence electrons. The lowest BCUT2D eigenvalue weighted by atomic mass is 10.0. The molecule has 4 aromatic carbocycles. The van der Waals surface area contributed by atoms with Crippen LogP contribution in [-0.2, 0) is 32.6 Å². The number of halogens is 2. The van der Waals surface area contributed by atoms with Crippen LogP contribution in [0.5, 0.6) is 5.75 Å². The van der Waals surface area contributed by atoms with E-state index in [-0.39, 0.29) is 28.6 Å². The second kappa shape index (κ2) is 14.4. The van der Waals surface area contributed by atoms with Crippen molar-refractivity contribution in [3.63, 3.8) is 0 Å². The van der Waals surface area contributed by atoms with Gasteiger partial charge in [0.15, 0.2) is 0 Å². The molecule has 0 aliphatic heterocycles. The first-order chi connectivity index (χ1) is 20.6. The van der Waals surface area contributed by atoms with Crippen LogP contribution in [0.3, 0.4) is 0 Å². The zero-order valence-electron chi connectivity index (χ0n) is 23.6. The van der Waals surface area contributed by atoms with Gasteiger partial charge in [-0.1, -0.05) is 77.8 Å². The lowest BCUT2D eigenvalue weighted by Crippen LogP contribution is -2.53. The molecule has 2 amide bonds. The maximum Gasteiger partial charge on any atom is 0.264 e. The summed E-state index contributed by atoms with van der Waals surface area (Å²) in [4.78, 5) is 29.0. The van der Waals surface area contributed by atoms with Crippen LogP contribution in [0.15, 0.2) is 108 Å². The van der Waals surface area contributed by atoms with Gasteiger partial charge in [-0.3, -0.25) is 13.9 Å². The number of hydrogen-bond donors (Lipinski definition) is 1. The van der Waals surface area contributed by atoms with Crippen LogP contribution < -0.4 is 14.4 Å². The highest BCUT2D eigenvalue weighted by Crippen LogP contribution is 2.28. The topological polar surface area (TPSA) is 96.0 Å². The highest BCUT2D eigenvalue weighted by molar-refractivity contribution is 7.92. The predicted molar refractivity (Wildman–Crippen MR) is 169 cm³/mol. The number of carbonyl (C=O) groups excluding carboxylic acids is 2. The Bertz CT molecular complexity index is 1650. The number of ether oxygens (including phenoxy) is 1. The summed E-state index contributed by atoms with van der Waals surface area (Å²) >= 11 is 12.4. The van der Waals surface area contributed by atoms with E-state index in [4.69, 9.17) is 27.9 Å². The molecule has 0 radical (unpaired) electrons. The van der Waals surface area contributed by atoms with E-state index in [0.717, 1.165) is 9.87 Å². The Labute approximate surface area is 261 Å². The quantitative estimate of drug-likeness (QED) is 0.218. The van der Waals surface area contributed by atoms with Crippen molar-refractivity contribution in [1.82, 2.24) is 10.2 Å². The first-order valence-corrected chi connectivity index (χ1v) is 15.5. The summed E-state index contributed by atoms with van der Waals surface area (Å²) < 4.78 is 34.2. The molecule has 0 bridgehead atoms. The zero-order valence-corrected chi connectivity index (χ0v) is 25.9. The summed E-state index contributed by atoms with van der Waals surface area (Å²) in [5.41, 5.74) is 1.70. The Morgan fingerprint density at radius 3 is 2.05 bits per heavy atom. The van der Waals surface area contributed by atoms with Gasteiger partial charge in [0.2, 0.25) is 11.8 Å². The molecule has 0 aliphatic rings. The Morgan fingerprint density at radius 2 is 1.47 bits per heavy atom. The van der Waals surface area contributed by atoms with Crippen molar-refractivity contribution in [2.75, 3.05) is 25.0 Å². The van der Waals surface area contributed by atoms with E-state index in [1.807, 2.05) is 30.3 Å². The van der Waals surface area contributed by atoms with E-state index < -0.39 is 34.4 Å². The molecular weight excluding hydrogens is 609 g/mol. The number of likely N-dealkylation sites (N-methyl/N-ethyl adjacent to an activating group) is 1. The van der Waals surface area contributed by atoms with Gasteiger partial charge in [-0.05, 0) is 59.7 Å². The van der Waals surface area contributed by atoms with Crippen molar-refractivity contribution in [2.24, 2.45) is 0 Å². The van der Waals surface area contributed by atoms with Crippen molar-refractivity contribution in [3.05, 3.63) is 124 Å². The van der Waals surface area contributed by atoms with Gasteiger partial charge in [0.25, 0.3) is 10.0 Å². The Morgan fingerprint density at radius 1 is 0.837 bits per heavy atom. The van der Waals surface area contributed by atoms with E-state index >= 15 is 0 Å². The highest BCUT2D eigenvalue weighted by atomic mass is 35.5. The number of methoxy groups -OCH3 is 1. The van der Waals surface area contributed by atoms with Crippen molar-refractivity contribution < 1.29 is 22.7 Å². The lowest BCUT2D eigenvalue weighted by molar-refractivity contribution is -0.139. The Hall–Kier alpha value is -4.05. The van der Waals surface area contributed by atoms with Crippen LogP contribution in [0, 0.1) is 0 Å². The number of nitrogens with one attached hydrogen (secondary N) is 1. The molecule has 0 saturated carbocycles. The van der Waals surface area contributed by atoms with Crippen LogP contribution in [0.2, 0.25) is 10.0 Å². The summed E-state index contributed by atoms with van der Waals surface area (Å²) in [6, 6.07) is 27.5. The molecule has 11 heteroatoms. The smallest absolute Gasteiger partial charge is 0.264 e. The summed E-state index contributed by atoms with van der Waals surface area (Å²) in [6.07, 6.45) is 0.196. The molecule has 8 nitrogen and oxygen atoms in total. The van der Waals surface area contributed by atoms with Crippen LogP contribution in [0.4, 0.5) is 5.69 Å². The molecule has 43 heavy (non-hydrogen) atoms. The molecule has 0 fully saturated rings. The van der Waals surface area contributed by atoms with Crippen LogP contribution in [0.25, 0.3) is 0 Å². The van der Waals surface area contributed by atoms with Gasteiger partial charge in [0, 0.05) is 20.0 Å². The fraction of sp³-hybridized carbons (Fsp3) is 0.188. The first kappa shape index (κ1) is 31.9. The zero-order chi connectivity index (χ0) is 31.0. The van der Waals surface area contributed by atoms with Gasteiger partial charge in [-0.2, -0.15) is 0 Å². The number of rotatable bonds is 12. The van der Waals surface area contributed by atoms with E-state index in [1.54, 1.807) is 60.7 Å². The maximum atomic E-state index is 14.3. The Kier molecular flexibility index (Phi) is 10.7. The Balaban J connectivity index is 1.79. The number of hydrogen-bond acceptors (Lipinski definition) is 5. The number of anilines is 1. The van der Waals surface area contributed by atoms with Crippen molar-refractivity contribution in [2.45, 2.75) is 23.9 Å². The molecule has 0 saturated heterocycles. The molecule has 0 aliphatic carbocycles. The molecule has 1 N–H and O–H groups in total. The van der Waals surface area contributed by atoms with E-state index in [1.165, 1.54) is 31.2 Å². The van der Waals surface area contributed by atoms with Crippen LogP contribution in [-0.4, -0.2) is 51.9 Å². The molecule has 1 unspecified atom stereocenters. The minimum absolute atomic E-state index is 0.0155. The second-order valence-corrected chi connectivity index (χ2v) is 12.3. The highest BCUT2D eigenvalue weighted by Gasteiger charge is 2.34. The second-order valence-electron chi connectivity index (χ2n) is 9.61. The fourth-order valence-electron chi connectivity index (χ4n) is 4.55. The number of carbonyl (C=O) groups is 2. The molecule has 0 aromatic heterocycles. The molecule has 4 aromatic rings. The number of sulfonamides is 1.